The Bertz CT molecular complexity index is 783. The van der Waals surface area contributed by atoms with Gasteiger partial charge in [0.25, 0.3) is 11.8 Å². The summed E-state index contributed by atoms with van der Waals surface area (Å²) < 4.78 is 0. The number of rotatable bonds is 10. The van der Waals surface area contributed by atoms with Gasteiger partial charge < -0.3 is 15.5 Å². The Kier molecular flexibility index (Phi) is 8.69. The van der Waals surface area contributed by atoms with Crippen molar-refractivity contribution in [1.82, 2.24) is 10.2 Å². The zero-order chi connectivity index (χ0) is 20.4. The molecule has 2 aromatic carbocycles. The van der Waals surface area contributed by atoms with Crippen molar-refractivity contribution in [2.24, 2.45) is 0 Å². The molecular weight excluding hydrogens is 350 g/mol. The molecule has 0 aromatic heterocycles. The molecular formula is C23H31N3O2. The van der Waals surface area contributed by atoms with Crippen LogP contribution in [0.25, 0.3) is 0 Å². The normalized spacial score (nSPS) is 10.5. The van der Waals surface area contributed by atoms with Gasteiger partial charge in [-0.3, -0.25) is 9.59 Å². The maximum absolute atomic E-state index is 12.8. The van der Waals surface area contributed by atoms with E-state index in [1.54, 1.807) is 24.3 Å². The number of benzene rings is 2. The fourth-order valence-electron chi connectivity index (χ4n) is 3.06. The second kappa shape index (κ2) is 11.2. The molecule has 0 saturated heterocycles. The van der Waals surface area contributed by atoms with Crippen LogP contribution in [0.5, 0.6) is 0 Å². The van der Waals surface area contributed by atoms with E-state index in [9.17, 15) is 9.59 Å². The number of carbonyl (C=O) groups is 2. The molecule has 5 nitrogen and oxygen atoms in total. The number of nitrogens with one attached hydrogen (secondary N) is 2. The number of anilines is 1. The summed E-state index contributed by atoms with van der Waals surface area (Å²) in [6.45, 7) is 9.28. The maximum atomic E-state index is 12.8. The molecule has 2 rings (SSSR count). The van der Waals surface area contributed by atoms with Crippen molar-refractivity contribution in [3.8, 4) is 0 Å². The zero-order valence-corrected chi connectivity index (χ0v) is 17.1. The fraction of sp³-hybridized carbons (Fsp3) is 0.391. The highest BCUT2D eigenvalue weighted by molar-refractivity contribution is 6.06. The van der Waals surface area contributed by atoms with Crippen LogP contribution in [0.2, 0.25) is 0 Å². The average Bonchev–Trinajstić information content (AvgIpc) is 2.72. The van der Waals surface area contributed by atoms with Gasteiger partial charge in [-0.05, 0) is 55.3 Å². The van der Waals surface area contributed by atoms with Crippen LogP contribution in [0.1, 0.15) is 59.9 Å². The first-order chi connectivity index (χ1) is 13.6. The summed E-state index contributed by atoms with van der Waals surface area (Å²) in [5.74, 6) is -0.237. The van der Waals surface area contributed by atoms with Crippen LogP contribution in [0.4, 0.5) is 5.69 Å². The van der Waals surface area contributed by atoms with Crippen LogP contribution in [0, 0.1) is 0 Å². The third-order valence-corrected chi connectivity index (χ3v) is 4.41. The van der Waals surface area contributed by atoms with Crippen molar-refractivity contribution >= 4 is 17.5 Å². The molecule has 150 valence electrons. The number of carbonyl (C=O) groups excluding carboxylic acids is 2. The van der Waals surface area contributed by atoms with E-state index in [1.807, 2.05) is 29.2 Å². The second-order valence-electron chi connectivity index (χ2n) is 6.81. The predicted molar refractivity (Wildman–Crippen MR) is 115 cm³/mol. The Morgan fingerprint density at radius 3 is 2.25 bits per heavy atom. The molecule has 0 aliphatic rings. The van der Waals surface area contributed by atoms with E-state index in [1.165, 1.54) is 0 Å². The molecule has 0 unspecified atom stereocenters. The topological polar surface area (TPSA) is 61.4 Å². The standard InChI is InChI=1S/C23H31N3O2/c1-4-13-26(14-5-2)23(28)20-11-8-10-19(16-20)22(27)25-21-12-7-9-18(15-21)17-24-6-3/h7-12,15-16,24H,4-6,13-14,17H2,1-3H3,(H,25,27). The first kappa shape index (κ1) is 21.6. The summed E-state index contributed by atoms with van der Waals surface area (Å²) in [7, 11) is 0. The summed E-state index contributed by atoms with van der Waals surface area (Å²) in [4.78, 5) is 27.3. The summed E-state index contributed by atoms with van der Waals surface area (Å²) in [5, 5.41) is 6.20. The van der Waals surface area contributed by atoms with Crippen LogP contribution >= 0.6 is 0 Å². The maximum Gasteiger partial charge on any atom is 0.255 e. The lowest BCUT2D eigenvalue weighted by molar-refractivity contribution is 0.0755. The molecule has 0 saturated carbocycles. The van der Waals surface area contributed by atoms with E-state index in [4.69, 9.17) is 0 Å². The molecule has 2 amide bonds. The lowest BCUT2D eigenvalue weighted by Crippen LogP contribution is -2.32. The third-order valence-electron chi connectivity index (χ3n) is 4.41. The van der Waals surface area contributed by atoms with Gasteiger partial charge in [-0.15, -0.1) is 0 Å². The van der Waals surface area contributed by atoms with E-state index < -0.39 is 0 Å². The molecule has 0 radical (unpaired) electrons. The van der Waals surface area contributed by atoms with E-state index in [2.05, 4.69) is 31.4 Å². The minimum atomic E-state index is -0.215. The quantitative estimate of drug-likeness (QED) is 0.645. The van der Waals surface area contributed by atoms with Gasteiger partial charge in [-0.1, -0.05) is 39.0 Å². The van der Waals surface area contributed by atoms with Crippen molar-refractivity contribution < 1.29 is 9.59 Å². The van der Waals surface area contributed by atoms with Gasteiger partial charge in [-0.25, -0.2) is 0 Å². The van der Waals surface area contributed by atoms with Crippen molar-refractivity contribution in [1.29, 1.82) is 0 Å². The SMILES string of the molecule is CCCN(CCC)C(=O)c1cccc(C(=O)Nc2cccc(CNCC)c2)c1. The molecule has 2 aromatic rings. The first-order valence-electron chi connectivity index (χ1n) is 10.1. The summed E-state index contributed by atoms with van der Waals surface area (Å²) in [6, 6.07) is 14.7. The van der Waals surface area contributed by atoms with Crippen LogP contribution < -0.4 is 10.6 Å². The highest BCUT2D eigenvalue weighted by atomic mass is 16.2. The van der Waals surface area contributed by atoms with Gasteiger partial charge >= 0.3 is 0 Å². The Morgan fingerprint density at radius 2 is 1.57 bits per heavy atom. The average molecular weight is 382 g/mol. The Labute approximate surface area is 168 Å². The van der Waals surface area contributed by atoms with Gasteiger partial charge in [-0.2, -0.15) is 0 Å². The summed E-state index contributed by atoms with van der Waals surface area (Å²) in [6.07, 6.45) is 1.82. The highest BCUT2D eigenvalue weighted by Gasteiger charge is 2.16. The molecule has 0 aliphatic carbocycles. The first-order valence-corrected chi connectivity index (χ1v) is 10.1. The van der Waals surface area contributed by atoms with Crippen LogP contribution in [-0.4, -0.2) is 36.3 Å². The van der Waals surface area contributed by atoms with Crippen LogP contribution in [0.3, 0.4) is 0 Å². The largest absolute Gasteiger partial charge is 0.339 e. The van der Waals surface area contributed by atoms with Crippen molar-refractivity contribution in [3.63, 3.8) is 0 Å². The minimum absolute atomic E-state index is 0.0222. The van der Waals surface area contributed by atoms with Crippen molar-refractivity contribution in [2.45, 2.75) is 40.2 Å². The number of hydrogen-bond acceptors (Lipinski definition) is 3. The molecule has 28 heavy (non-hydrogen) atoms. The number of hydrogen-bond donors (Lipinski definition) is 2. The number of nitrogens with zero attached hydrogens (tertiary/aromatic N) is 1. The molecule has 0 heterocycles. The van der Waals surface area contributed by atoms with Gasteiger partial charge in [0.2, 0.25) is 0 Å². The molecule has 5 heteroatoms. The lowest BCUT2D eigenvalue weighted by atomic mass is 10.1. The molecule has 0 atom stereocenters. The molecule has 2 N–H and O–H groups in total. The Balaban J connectivity index is 2.12. The highest BCUT2D eigenvalue weighted by Crippen LogP contribution is 2.14. The molecule has 0 aliphatic heterocycles. The second-order valence-corrected chi connectivity index (χ2v) is 6.81. The van der Waals surface area contributed by atoms with E-state index >= 15 is 0 Å². The van der Waals surface area contributed by atoms with E-state index in [0.29, 0.717) is 11.1 Å². The molecule has 0 fully saturated rings. The summed E-state index contributed by atoms with van der Waals surface area (Å²) in [5.41, 5.74) is 2.89. The van der Waals surface area contributed by atoms with Crippen LogP contribution in [0.15, 0.2) is 48.5 Å². The van der Waals surface area contributed by atoms with Gasteiger partial charge in [0.05, 0.1) is 0 Å². The predicted octanol–water partition coefficient (Wildman–Crippen LogP) is 4.31. The number of amides is 2. The smallest absolute Gasteiger partial charge is 0.255 e. The van der Waals surface area contributed by atoms with Crippen LogP contribution in [-0.2, 0) is 6.54 Å². The fourth-order valence-corrected chi connectivity index (χ4v) is 3.06. The zero-order valence-electron chi connectivity index (χ0n) is 17.1. The Hall–Kier alpha value is -2.66. The monoisotopic (exact) mass is 381 g/mol. The molecule has 0 bridgehead atoms. The van der Waals surface area contributed by atoms with Gasteiger partial charge in [0.1, 0.15) is 0 Å². The van der Waals surface area contributed by atoms with E-state index in [-0.39, 0.29) is 11.8 Å². The Morgan fingerprint density at radius 1 is 0.893 bits per heavy atom. The third kappa shape index (κ3) is 6.20. The van der Waals surface area contributed by atoms with Gasteiger partial charge in [0, 0.05) is 36.4 Å². The van der Waals surface area contributed by atoms with E-state index in [0.717, 1.165) is 50.3 Å². The lowest BCUT2D eigenvalue weighted by Gasteiger charge is -2.21. The van der Waals surface area contributed by atoms with Crippen molar-refractivity contribution in [2.75, 3.05) is 25.0 Å². The van der Waals surface area contributed by atoms with Crippen molar-refractivity contribution in [3.05, 3.63) is 65.2 Å². The molecule has 0 spiro atoms. The summed E-state index contributed by atoms with van der Waals surface area (Å²) >= 11 is 0. The van der Waals surface area contributed by atoms with Gasteiger partial charge in [0.15, 0.2) is 0 Å². The minimum Gasteiger partial charge on any atom is -0.339 e.